The molecule has 2 N–H and O–H groups in total. The quantitative estimate of drug-likeness (QED) is 0.635. The molecule has 0 aromatic heterocycles. The van der Waals surface area contributed by atoms with E-state index in [0.29, 0.717) is 17.2 Å². The van der Waals surface area contributed by atoms with E-state index in [4.69, 9.17) is 17.5 Å². The average molecular weight is 245 g/mol. The van der Waals surface area contributed by atoms with E-state index in [2.05, 4.69) is 23.3 Å². The molecule has 0 atom stereocenters. The van der Waals surface area contributed by atoms with Crippen molar-refractivity contribution in [3.05, 3.63) is 41.5 Å². The summed E-state index contributed by atoms with van der Waals surface area (Å²) >= 11 is 5.15. The van der Waals surface area contributed by atoms with Crippen LogP contribution in [-0.4, -0.2) is 11.7 Å². The summed E-state index contributed by atoms with van der Waals surface area (Å²) in [5.74, 6) is 0. The van der Waals surface area contributed by atoms with Crippen molar-refractivity contribution in [2.45, 2.75) is 13.8 Å². The smallest absolute Gasteiger partial charge is 0.171 e. The molecule has 4 heteroatoms. The van der Waals surface area contributed by atoms with E-state index in [1.165, 1.54) is 0 Å². The monoisotopic (exact) mass is 245 g/mol. The Morgan fingerprint density at radius 3 is 2.82 bits per heavy atom. The van der Waals surface area contributed by atoms with Gasteiger partial charge in [0, 0.05) is 12.2 Å². The third-order valence-electron chi connectivity index (χ3n) is 2.17. The van der Waals surface area contributed by atoms with Crippen LogP contribution in [0, 0.1) is 18.3 Å². The summed E-state index contributed by atoms with van der Waals surface area (Å²) in [6, 6.07) is 7.56. The molecule has 88 valence electrons. The standard InChI is InChI=1S/C13H15N3S/c1-9(2)8-15-13(17)16-12-6-11(7-14)5-4-10(12)3/h4-6H,1,8H2,2-3H3,(H2,15,16,17). The van der Waals surface area contributed by atoms with E-state index in [1.54, 1.807) is 12.1 Å². The van der Waals surface area contributed by atoms with Gasteiger partial charge in [0.15, 0.2) is 5.11 Å². The van der Waals surface area contributed by atoms with Gasteiger partial charge in [-0.25, -0.2) is 0 Å². The van der Waals surface area contributed by atoms with Crippen LogP contribution in [0.3, 0.4) is 0 Å². The lowest BCUT2D eigenvalue weighted by molar-refractivity contribution is 0.999. The summed E-state index contributed by atoms with van der Waals surface area (Å²) in [6.07, 6.45) is 0. The second-order valence-electron chi connectivity index (χ2n) is 3.91. The maximum atomic E-state index is 8.83. The number of anilines is 1. The van der Waals surface area contributed by atoms with Gasteiger partial charge in [0.2, 0.25) is 0 Å². The molecule has 0 aliphatic carbocycles. The summed E-state index contributed by atoms with van der Waals surface area (Å²) in [7, 11) is 0. The highest BCUT2D eigenvalue weighted by Gasteiger charge is 2.02. The van der Waals surface area contributed by atoms with Crippen molar-refractivity contribution in [2.75, 3.05) is 11.9 Å². The van der Waals surface area contributed by atoms with Crippen LogP contribution < -0.4 is 10.6 Å². The van der Waals surface area contributed by atoms with Crippen molar-refractivity contribution < 1.29 is 0 Å². The van der Waals surface area contributed by atoms with Gasteiger partial charge in [0.05, 0.1) is 11.6 Å². The fourth-order valence-corrected chi connectivity index (χ4v) is 1.41. The molecule has 0 bridgehead atoms. The molecule has 1 aromatic rings. The second-order valence-corrected chi connectivity index (χ2v) is 4.31. The molecule has 1 rings (SSSR count). The number of nitrogens with one attached hydrogen (secondary N) is 2. The molecule has 0 spiro atoms. The fourth-order valence-electron chi connectivity index (χ4n) is 1.22. The molecule has 3 nitrogen and oxygen atoms in total. The fraction of sp³-hybridized carbons (Fsp3) is 0.231. The minimum absolute atomic E-state index is 0.534. The lowest BCUT2D eigenvalue weighted by Gasteiger charge is -2.12. The minimum Gasteiger partial charge on any atom is -0.359 e. The normalized spacial score (nSPS) is 9.24. The molecule has 0 aliphatic rings. The number of thiocarbonyl (C=S) groups is 1. The minimum atomic E-state index is 0.534. The number of hydrogen-bond donors (Lipinski definition) is 2. The first-order chi connectivity index (χ1) is 8.02. The largest absolute Gasteiger partial charge is 0.359 e. The summed E-state index contributed by atoms with van der Waals surface area (Å²) in [5, 5.41) is 15.5. The van der Waals surface area contributed by atoms with E-state index in [1.807, 2.05) is 19.9 Å². The Kier molecular flexibility index (Phi) is 4.68. The van der Waals surface area contributed by atoms with Gasteiger partial charge in [-0.15, -0.1) is 0 Å². The molecule has 0 saturated heterocycles. The lowest BCUT2D eigenvalue weighted by Crippen LogP contribution is -2.29. The third-order valence-corrected chi connectivity index (χ3v) is 2.41. The van der Waals surface area contributed by atoms with Gasteiger partial charge in [0.25, 0.3) is 0 Å². The molecular weight excluding hydrogens is 230 g/mol. The molecule has 0 fully saturated rings. The van der Waals surface area contributed by atoms with Gasteiger partial charge in [-0.3, -0.25) is 0 Å². The Hall–Kier alpha value is -1.86. The first kappa shape index (κ1) is 13.2. The summed E-state index contributed by atoms with van der Waals surface area (Å²) < 4.78 is 0. The topological polar surface area (TPSA) is 47.8 Å². The van der Waals surface area contributed by atoms with Crippen molar-refractivity contribution in [1.82, 2.24) is 5.32 Å². The van der Waals surface area contributed by atoms with Crippen LogP contribution in [0.4, 0.5) is 5.69 Å². The van der Waals surface area contributed by atoms with Crippen molar-refractivity contribution in [3.8, 4) is 6.07 Å². The van der Waals surface area contributed by atoms with Gasteiger partial charge in [-0.1, -0.05) is 18.2 Å². The molecular formula is C13H15N3S. The first-order valence-corrected chi connectivity index (χ1v) is 5.63. The molecule has 0 saturated carbocycles. The van der Waals surface area contributed by atoms with E-state index in [0.717, 1.165) is 16.8 Å². The predicted octanol–water partition coefficient (Wildman–Crippen LogP) is 2.73. The lowest BCUT2D eigenvalue weighted by atomic mass is 10.1. The zero-order valence-electron chi connectivity index (χ0n) is 10.0. The van der Waals surface area contributed by atoms with Gasteiger partial charge < -0.3 is 10.6 Å². The Morgan fingerprint density at radius 2 is 2.24 bits per heavy atom. The summed E-state index contributed by atoms with van der Waals surface area (Å²) in [5.41, 5.74) is 3.52. The highest BCUT2D eigenvalue weighted by molar-refractivity contribution is 7.80. The van der Waals surface area contributed by atoms with Crippen LogP contribution in [-0.2, 0) is 0 Å². The molecule has 0 radical (unpaired) electrons. The third kappa shape index (κ3) is 4.25. The Morgan fingerprint density at radius 1 is 1.53 bits per heavy atom. The molecule has 0 heterocycles. The number of benzene rings is 1. The Balaban J connectivity index is 2.71. The highest BCUT2D eigenvalue weighted by atomic mass is 32.1. The number of aryl methyl sites for hydroxylation is 1. The average Bonchev–Trinajstić information content (AvgIpc) is 2.29. The van der Waals surface area contributed by atoms with Gasteiger partial charge in [0.1, 0.15) is 0 Å². The van der Waals surface area contributed by atoms with Gasteiger partial charge in [-0.2, -0.15) is 5.26 Å². The van der Waals surface area contributed by atoms with Gasteiger partial charge >= 0.3 is 0 Å². The molecule has 1 aromatic carbocycles. The SMILES string of the molecule is C=C(C)CNC(=S)Nc1cc(C#N)ccc1C. The Labute approximate surface area is 107 Å². The Bertz CT molecular complexity index is 486. The molecule has 0 amide bonds. The molecule has 17 heavy (non-hydrogen) atoms. The summed E-state index contributed by atoms with van der Waals surface area (Å²) in [4.78, 5) is 0. The molecule has 0 unspecified atom stereocenters. The van der Waals surface area contributed by atoms with E-state index >= 15 is 0 Å². The van der Waals surface area contributed by atoms with Crippen LogP contribution in [0.5, 0.6) is 0 Å². The number of rotatable bonds is 3. The first-order valence-electron chi connectivity index (χ1n) is 5.23. The van der Waals surface area contributed by atoms with Gasteiger partial charge in [-0.05, 0) is 43.8 Å². The molecule has 0 aliphatic heterocycles. The maximum absolute atomic E-state index is 8.83. The van der Waals surface area contributed by atoms with E-state index in [-0.39, 0.29) is 0 Å². The number of nitrogens with zero attached hydrogens (tertiary/aromatic N) is 1. The summed E-state index contributed by atoms with van der Waals surface area (Å²) in [6.45, 7) is 8.32. The zero-order chi connectivity index (χ0) is 12.8. The van der Waals surface area contributed by atoms with E-state index in [9.17, 15) is 0 Å². The number of hydrogen-bond acceptors (Lipinski definition) is 2. The van der Waals surface area contributed by atoms with E-state index < -0.39 is 0 Å². The van der Waals surface area contributed by atoms with Crippen molar-refractivity contribution >= 4 is 23.0 Å². The zero-order valence-corrected chi connectivity index (χ0v) is 10.8. The second kappa shape index (κ2) is 6.02. The predicted molar refractivity (Wildman–Crippen MR) is 74.9 cm³/mol. The highest BCUT2D eigenvalue weighted by Crippen LogP contribution is 2.16. The van der Waals surface area contributed by atoms with Crippen molar-refractivity contribution in [3.63, 3.8) is 0 Å². The van der Waals surface area contributed by atoms with Crippen LogP contribution in [0.25, 0.3) is 0 Å². The van der Waals surface area contributed by atoms with Crippen molar-refractivity contribution in [2.24, 2.45) is 0 Å². The van der Waals surface area contributed by atoms with Crippen molar-refractivity contribution in [1.29, 1.82) is 5.26 Å². The number of nitriles is 1. The maximum Gasteiger partial charge on any atom is 0.171 e. The van der Waals surface area contributed by atoms with Crippen LogP contribution in [0.2, 0.25) is 0 Å². The van der Waals surface area contributed by atoms with Crippen LogP contribution >= 0.6 is 12.2 Å². The van der Waals surface area contributed by atoms with Crippen LogP contribution in [0.1, 0.15) is 18.1 Å². The van der Waals surface area contributed by atoms with Crippen LogP contribution in [0.15, 0.2) is 30.4 Å².